The fraction of sp³-hybridized carbons (Fsp3) is 0. The standard InChI is InChI=1S/C21H14O5/c22-14-8-6-12(7-9-14)17-10-16(24)20-18(26-17)11-15(23)19(21(20)25)13-4-2-1-3-5-13/h1-11,22-23,25H. The smallest absolute Gasteiger partial charge is 0.197 e. The van der Waals surface area contributed by atoms with Crippen molar-refractivity contribution in [3.63, 3.8) is 0 Å². The summed E-state index contributed by atoms with van der Waals surface area (Å²) in [4.78, 5) is 12.6. The zero-order chi connectivity index (χ0) is 18.3. The summed E-state index contributed by atoms with van der Waals surface area (Å²) in [6.07, 6.45) is 0. The van der Waals surface area contributed by atoms with Crippen LogP contribution in [0.3, 0.4) is 0 Å². The summed E-state index contributed by atoms with van der Waals surface area (Å²) in [7, 11) is 0. The van der Waals surface area contributed by atoms with Crippen LogP contribution in [0.2, 0.25) is 0 Å². The molecular formula is C21H14O5. The van der Waals surface area contributed by atoms with E-state index < -0.39 is 5.43 Å². The molecule has 0 spiro atoms. The van der Waals surface area contributed by atoms with Crippen molar-refractivity contribution in [2.24, 2.45) is 0 Å². The lowest BCUT2D eigenvalue weighted by Crippen LogP contribution is -2.01. The predicted molar refractivity (Wildman–Crippen MR) is 98.4 cm³/mol. The molecule has 5 nitrogen and oxygen atoms in total. The van der Waals surface area contributed by atoms with Crippen LogP contribution in [0.1, 0.15) is 0 Å². The van der Waals surface area contributed by atoms with Gasteiger partial charge in [0.2, 0.25) is 0 Å². The number of hydrogen-bond donors (Lipinski definition) is 3. The Labute approximate surface area is 148 Å². The SMILES string of the molecule is O=c1cc(-c2ccc(O)cc2)oc2cc(O)c(-c3ccccc3)c(O)c12. The molecular weight excluding hydrogens is 332 g/mol. The molecule has 4 aromatic rings. The van der Waals surface area contributed by atoms with Gasteiger partial charge in [0, 0.05) is 17.7 Å². The Morgan fingerprint density at radius 3 is 2.15 bits per heavy atom. The predicted octanol–water partition coefficient (Wildman–Crippen LogP) is 4.24. The van der Waals surface area contributed by atoms with E-state index in [0.717, 1.165) is 0 Å². The molecule has 5 heteroatoms. The van der Waals surface area contributed by atoms with Crippen molar-refractivity contribution in [1.29, 1.82) is 0 Å². The Bertz CT molecular complexity index is 1160. The van der Waals surface area contributed by atoms with Crippen molar-refractivity contribution in [3.8, 4) is 39.7 Å². The van der Waals surface area contributed by atoms with Gasteiger partial charge in [-0.25, -0.2) is 0 Å². The molecule has 0 saturated heterocycles. The molecule has 3 N–H and O–H groups in total. The van der Waals surface area contributed by atoms with Gasteiger partial charge in [0.1, 0.15) is 34.0 Å². The van der Waals surface area contributed by atoms with Gasteiger partial charge in [-0.15, -0.1) is 0 Å². The molecule has 0 amide bonds. The fourth-order valence-electron chi connectivity index (χ4n) is 2.95. The van der Waals surface area contributed by atoms with Crippen LogP contribution in [0.4, 0.5) is 0 Å². The molecule has 0 fully saturated rings. The molecule has 3 aromatic carbocycles. The summed E-state index contributed by atoms with van der Waals surface area (Å²) in [5.41, 5.74) is 1.02. The molecule has 1 aromatic heterocycles. The largest absolute Gasteiger partial charge is 0.508 e. The molecule has 0 unspecified atom stereocenters. The molecule has 26 heavy (non-hydrogen) atoms. The number of hydrogen-bond acceptors (Lipinski definition) is 5. The van der Waals surface area contributed by atoms with Crippen molar-refractivity contribution >= 4 is 11.0 Å². The maximum atomic E-state index is 12.6. The number of phenolic OH excluding ortho intramolecular Hbond substituents is 3. The molecule has 0 saturated carbocycles. The van der Waals surface area contributed by atoms with Gasteiger partial charge in [0.25, 0.3) is 0 Å². The number of rotatable bonds is 2. The maximum absolute atomic E-state index is 12.6. The van der Waals surface area contributed by atoms with E-state index in [1.807, 2.05) is 6.07 Å². The van der Waals surface area contributed by atoms with Gasteiger partial charge in [-0.1, -0.05) is 30.3 Å². The first kappa shape index (κ1) is 15.8. The van der Waals surface area contributed by atoms with E-state index in [-0.39, 0.29) is 39.5 Å². The van der Waals surface area contributed by atoms with E-state index in [0.29, 0.717) is 11.1 Å². The third-order valence-corrected chi connectivity index (χ3v) is 4.19. The Hall–Kier alpha value is -3.73. The Morgan fingerprint density at radius 1 is 0.769 bits per heavy atom. The third kappa shape index (κ3) is 2.56. The molecule has 0 radical (unpaired) electrons. The van der Waals surface area contributed by atoms with Gasteiger partial charge >= 0.3 is 0 Å². The number of benzene rings is 3. The quantitative estimate of drug-likeness (QED) is 0.505. The zero-order valence-electron chi connectivity index (χ0n) is 13.5. The molecule has 4 rings (SSSR count). The van der Waals surface area contributed by atoms with E-state index >= 15 is 0 Å². The summed E-state index contributed by atoms with van der Waals surface area (Å²) in [5.74, 6) is -0.141. The second-order valence-electron chi connectivity index (χ2n) is 5.88. The van der Waals surface area contributed by atoms with Gasteiger partial charge in [-0.05, 0) is 29.8 Å². The average molecular weight is 346 g/mol. The fourth-order valence-corrected chi connectivity index (χ4v) is 2.95. The average Bonchev–Trinajstić information content (AvgIpc) is 2.62. The minimum atomic E-state index is -0.427. The van der Waals surface area contributed by atoms with E-state index in [1.165, 1.54) is 24.3 Å². The highest BCUT2D eigenvalue weighted by atomic mass is 16.3. The Kier molecular flexibility index (Phi) is 3.62. The Morgan fingerprint density at radius 2 is 1.46 bits per heavy atom. The zero-order valence-corrected chi connectivity index (χ0v) is 13.5. The van der Waals surface area contributed by atoms with Gasteiger partial charge in [0.05, 0.1) is 5.56 Å². The molecule has 0 aliphatic rings. The van der Waals surface area contributed by atoms with Crippen molar-refractivity contribution in [2.45, 2.75) is 0 Å². The van der Waals surface area contributed by atoms with E-state index in [2.05, 4.69) is 0 Å². The van der Waals surface area contributed by atoms with Crippen molar-refractivity contribution < 1.29 is 19.7 Å². The van der Waals surface area contributed by atoms with Gasteiger partial charge in [-0.3, -0.25) is 4.79 Å². The molecule has 1 heterocycles. The van der Waals surface area contributed by atoms with Crippen LogP contribution in [0.25, 0.3) is 33.4 Å². The summed E-state index contributed by atoms with van der Waals surface area (Å²) in [6.45, 7) is 0. The van der Waals surface area contributed by atoms with E-state index in [1.54, 1.807) is 36.4 Å². The van der Waals surface area contributed by atoms with Crippen molar-refractivity contribution in [2.75, 3.05) is 0 Å². The molecule has 0 aliphatic heterocycles. The highest BCUT2D eigenvalue weighted by Crippen LogP contribution is 2.42. The first-order valence-corrected chi connectivity index (χ1v) is 7.92. The lowest BCUT2D eigenvalue weighted by Gasteiger charge is -2.11. The second kappa shape index (κ2) is 5.97. The van der Waals surface area contributed by atoms with Crippen molar-refractivity contribution in [1.82, 2.24) is 0 Å². The second-order valence-corrected chi connectivity index (χ2v) is 5.88. The lowest BCUT2D eigenvalue weighted by atomic mass is 10.0. The summed E-state index contributed by atoms with van der Waals surface area (Å²) < 4.78 is 5.72. The molecule has 0 bridgehead atoms. The van der Waals surface area contributed by atoms with Crippen molar-refractivity contribution in [3.05, 3.63) is 77.0 Å². The molecule has 0 atom stereocenters. The van der Waals surface area contributed by atoms with Crippen LogP contribution in [-0.4, -0.2) is 15.3 Å². The van der Waals surface area contributed by atoms with Crippen LogP contribution < -0.4 is 5.43 Å². The minimum absolute atomic E-state index is 0.00387. The third-order valence-electron chi connectivity index (χ3n) is 4.19. The van der Waals surface area contributed by atoms with Gasteiger partial charge < -0.3 is 19.7 Å². The minimum Gasteiger partial charge on any atom is -0.508 e. The number of phenols is 3. The van der Waals surface area contributed by atoms with Gasteiger partial charge in [-0.2, -0.15) is 0 Å². The van der Waals surface area contributed by atoms with Crippen LogP contribution in [-0.2, 0) is 0 Å². The maximum Gasteiger partial charge on any atom is 0.197 e. The Balaban J connectivity index is 1.97. The first-order chi connectivity index (χ1) is 12.5. The number of aromatic hydroxyl groups is 3. The van der Waals surface area contributed by atoms with E-state index in [4.69, 9.17) is 4.42 Å². The normalized spacial score (nSPS) is 10.9. The lowest BCUT2D eigenvalue weighted by molar-refractivity contribution is 0.456. The first-order valence-electron chi connectivity index (χ1n) is 7.92. The summed E-state index contributed by atoms with van der Waals surface area (Å²) >= 11 is 0. The van der Waals surface area contributed by atoms with Crippen LogP contribution in [0.5, 0.6) is 17.2 Å². The van der Waals surface area contributed by atoms with Crippen LogP contribution in [0, 0.1) is 0 Å². The molecule has 128 valence electrons. The highest BCUT2D eigenvalue weighted by molar-refractivity contribution is 5.95. The molecule has 0 aliphatic carbocycles. The number of fused-ring (bicyclic) bond motifs is 1. The van der Waals surface area contributed by atoms with Gasteiger partial charge in [0.15, 0.2) is 5.43 Å². The highest BCUT2D eigenvalue weighted by Gasteiger charge is 2.19. The van der Waals surface area contributed by atoms with E-state index in [9.17, 15) is 20.1 Å². The van der Waals surface area contributed by atoms with Crippen LogP contribution in [0.15, 0.2) is 75.9 Å². The summed E-state index contributed by atoms with van der Waals surface area (Å²) in [6, 6.07) is 17.6. The van der Waals surface area contributed by atoms with Crippen LogP contribution >= 0.6 is 0 Å². The summed E-state index contributed by atoms with van der Waals surface area (Å²) in [5, 5.41) is 30.4. The topological polar surface area (TPSA) is 90.9 Å². The monoisotopic (exact) mass is 346 g/mol.